The molecular formula is C24H31F3N2O6SSi. The van der Waals surface area contributed by atoms with Gasteiger partial charge < -0.3 is 14.4 Å². The summed E-state index contributed by atoms with van der Waals surface area (Å²) in [5, 5.41) is 11.0. The highest BCUT2D eigenvalue weighted by molar-refractivity contribution is 7.89. The van der Waals surface area contributed by atoms with Crippen molar-refractivity contribution in [2.75, 3.05) is 13.1 Å². The van der Waals surface area contributed by atoms with E-state index in [9.17, 15) is 31.5 Å². The average molecular weight is 561 g/mol. The zero-order chi connectivity index (χ0) is 27.6. The molecule has 8 nitrogen and oxygen atoms in total. The Morgan fingerprint density at radius 2 is 1.62 bits per heavy atom. The highest BCUT2D eigenvalue weighted by Crippen LogP contribution is 2.33. The molecule has 2 N–H and O–H groups in total. The molecule has 1 unspecified atom stereocenters. The first-order chi connectivity index (χ1) is 17.0. The SMILES string of the molecule is CC(O)(C(=O)NO[Si](C)(C)C)c1ccccc1S(=O)(=O)N1CCC(Oc2ccc(C(F)(F)F)cc2)CC1. The Morgan fingerprint density at radius 1 is 1.05 bits per heavy atom. The van der Waals surface area contributed by atoms with Crippen LogP contribution in [0.15, 0.2) is 53.4 Å². The lowest BCUT2D eigenvalue weighted by Crippen LogP contribution is -2.47. The minimum absolute atomic E-state index is 0.0881. The van der Waals surface area contributed by atoms with E-state index in [1.54, 1.807) is 0 Å². The van der Waals surface area contributed by atoms with Crippen LogP contribution in [-0.4, -0.2) is 51.2 Å². The molecule has 2 aromatic carbocycles. The van der Waals surface area contributed by atoms with Crippen LogP contribution >= 0.6 is 0 Å². The number of sulfonamides is 1. The third kappa shape index (κ3) is 7.11. The average Bonchev–Trinajstić information content (AvgIpc) is 2.82. The molecule has 1 aliphatic heterocycles. The summed E-state index contributed by atoms with van der Waals surface area (Å²) in [5.41, 5.74) is -0.811. The Balaban J connectivity index is 1.71. The first-order valence-corrected chi connectivity index (χ1v) is 16.5. The lowest BCUT2D eigenvalue weighted by Gasteiger charge is -2.33. The van der Waals surface area contributed by atoms with Crippen molar-refractivity contribution in [3.8, 4) is 5.75 Å². The van der Waals surface area contributed by atoms with Crippen LogP contribution in [0.3, 0.4) is 0 Å². The highest BCUT2D eigenvalue weighted by Gasteiger charge is 2.40. The third-order valence-electron chi connectivity index (χ3n) is 5.81. The molecule has 0 aromatic heterocycles. The van der Waals surface area contributed by atoms with Crippen molar-refractivity contribution in [3.63, 3.8) is 0 Å². The molecular weight excluding hydrogens is 529 g/mol. The van der Waals surface area contributed by atoms with E-state index in [1.807, 2.05) is 19.6 Å². The Bertz CT molecular complexity index is 1210. The summed E-state index contributed by atoms with van der Waals surface area (Å²) in [6.07, 6.45) is -4.21. The number of alkyl halides is 3. The van der Waals surface area contributed by atoms with Gasteiger partial charge in [0.15, 0.2) is 5.60 Å². The van der Waals surface area contributed by atoms with E-state index < -0.39 is 41.6 Å². The number of nitrogens with zero attached hydrogens (tertiary/aromatic N) is 1. The molecule has 0 spiro atoms. The van der Waals surface area contributed by atoms with E-state index in [4.69, 9.17) is 9.26 Å². The summed E-state index contributed by atoms with van der Waals surface area (Å²) < 4.78 is 77.7. The van der Waals surface area contributed by atoms with Gasteiger partial charge in [-0.1, -0.05) is 18.2 Å². The van der Waals surface area contributed by atoms with Crippen LogP contribution in [-0.2, 0) is 31.1 Å². The number of carbonyl (C=O) groups excluding carboxylic acids is 1. The van der Waals surface area contributed by atoms with Crippen LogP contribution in [0.25, 0.3) is 0 Å². The van der Waals surface area contributed by atoms with Crippen LogP contribution in [0.5, 0.6) is 5.75 Å². The van der Waals surface area contributed by atoms with Crippen molar-refractivity contribution in [2.45, 2.75) is 62.2 Å². The Labute approximate surface area is 215 Å². The Morgan fingerprint density at radius 3 is 2.16 bits per heavy atom. The van der Waals surface area contributed by atoms with E-state index in [0.717, 1.165) is 12.1 Å². The number of carbonyl (C=O) groups is 1. The van der Waals surface area contributed by atoms with Crippen molar-refractivity contribution in [1.82, 2.24) is 9.79 Å². The van der Waals surface area contributed by atoms with Gasteiger partial charge in [-0.25, -0.2) is 13.9 Å². The van der Waals surface area contributed by atoms with Gasteiger partial charge in [-0.15, -0.1) is 0 Å². The molecule has 1 atom stereocenters. The second-order valence-electron chi connectivity index (χ2n) is 9.96. The van der Waals surface area contributed by atoms with Crippen LogP contribution in [0, 0.1) is 0 Å². The van der Waals surface area contributed by atoms with Crippen LogP contribution in [0.4, 0.5) is 13.2 Å². The molecule has 0 saturated carbocycles. The minimum Gasteiger partial charge on any atom is -0.490 e. The van der Waals surface area contributed by atoms with Crippen molar-refractivity contribution < 1.29 is 40.8 Å². The number of hydrogen-bond acceptors (Lipinski definition) is 6. The molecule has 1 amide bonds. The maximum Gasteiger partial charge on any atom is 0.416 e. The molecule has 37 heavy (non-hydrogen) atoms. The number of piperidine rings is 1. The Kier molecular flexibility index (Phi) is 8.44. The molecule has 13 heteroatoms. The zero-order valence-corrected chi connectivity index (χ0v) is 22.8. The second-order valence-corrected chi connectivity index (χ2v) is 16.3. The van der Waals surface area contributed by atoms with Crippen LogP contribution < -0.4 is 10.2 Å². The Hall–Kier alpha value is -2.45. The molecule has 1 heterocycles. The van der Waals surface area contributed by atoms with Gasteiger partial charge in [0.2, 0.25) is 18.3 Å². The van der Waals surface area contributed by atoms with Gasteiger partial charge in [-0.05, 0) is 69.7 Å². The largest absolute Gasteiger partial charge is 0.490 e. The van der Waals surface area contributed by atoms with Crippen molar-refractivity contribution in [1.29, 1.82) is 0 Å². The topological polar surface area (TPSA) is 105 Å². The number of ether oxygens (including phenoxy) is 1. The lowest BCUT2D eigenvalue weighted by atomic mass is 9.95. The smallest absolute Gasteiger partial charge is 0.416 e. The van der Waals surface area contributed by atoms with Crippen molar-refractivity contribution in [3.05, 3.63) is 59.7 Å². The summed E-state index contributed by atoms with van der Waals surface area (Å²) in [4.78, 5) is 12.5. The maximum atomic E-state index is 13.5. The first-order valence-electron chi connectivity index (χ1n) is 11.7. The first kappa shape index (κ1) is 29.1. The maximum absolute atomic E-state index is 13.5. The predicted octanol–water partition coefficient (Wildman–Crippen LogP) is 4.03. The molecule has 204 valence electrons. The monoisotopic (exact) mass is 560 g/mol. The van der Waals surface area contributed by atoms with Gasteiger partial charge in [0, 0.05) is 18.7 Å². The molecule has 1 saturated heterocycles. The summed E-state index contributed by atoms with van der Waals surface area (Å²) in [7, 11) is -6.24. The standard InChI is InChI=1S/C24H31F3N2O6SSi/c1-23(31,22(30)28-35-37(2,3)4)20-7-5-6-8-21(20)36(32,33)29-15-13-19(14-16-29)34-18-11-9-17(10-12-18)24(25,26)27/h5-12,19,31H,13-16H2,1-4H3,(H,28,30). The minimum atomic E-state index is -4.44. The van der Waals surface area contributed by atoms with E-state index >= 15 is 0 Å². The third-order valence-corrected chi connectivity index (χ3v) is 8.48. The number of hydrogen-bond donors (Lipinski definition) is 2. The molecule has 0 aliphatic carbocycles. The van der Waals surface area contributed by atoms with Gasteiger partial charge in [0.05, 0.1) is 10.5 Å². The fourth-order valence-electron chi connectivity index (χ4n) is 3.76. The summed E-state index contributed by atoms with van der Waals surface area (Å²) in [6, 6.07) is 10.1. The molecule has 2 aromatic rings. The highest BCUT2D eigenvalue weighted by atomic mass is 32.2. The normalized spacial score (nSPS) is 17.7. The van der Waals surface area contributed by atoms with E-state index in [-0.39, 0.29) is 35.4 Å². The van der Waals surface area contributed by atoms with Crippen LogP contribution in [0.1, 0.15) is 30.9 Å². The predicted molar refractivity (Wildman–Crippen MR) is 132 cm³/mol. The second kappa shape index (κ2) is 10.7. The number of benzene rings is 2. The number of hydroxylamine groups is 1. The summed E-state index contributed by atoms with van der Waals surface area (Å²) in [6.45, 7) is 6.90. The summed E-state index contributed by atoms with van der Waals surface area (Å²) in [5.74, 6) is -0.622. The molecule has 1 aliphatic rings. The number of rotatable bonds is 8. The molecule has 0 radical (unpaired) electrons. The molecule has 0 bridgehead atoms. The number of aliphatic hydroxyl groups is 1. The van der Waals surface area contributed by atoms with Crippen molar-refractivity contribution >= 4 is 24.2 Å². The van der Waals surface area contributed by atoms with E-state index in [0.29, 0.717) is 12.8 Å². The van der Waals surface area contributed by atoms with Crippen LogP contribution in [0.2, 0.25) is 19.6 Å². The summed E-state index contributed by atoms with van der Waals surface area (Å²) >= 11 is 0. The molecule has 1 fully saturated rings. The number of nitrogens with one attached hydrogen (secondary N) is 1. The zero-order valence-electron chi connectivity index (χ0n) is 21.0. The van der Waals surface area contributed by atoms with Crippen molar-refractivity contribution in [2.24, 2.45) is 0 Å². The quantitative estimate of drug-likeness (QED) is 0.373. The van der Waals surface area contributed by atoms with E-state index in [1.165, 1.54) is 47.6 Å². The van der Waals surface area contributed by atoms with Gasteiger partial charge in [-0.2, -0.15) is 17.5 Å². The number of amides is 1. The molecule has 3 rings (SSSR count). The van der Waals surface area contributed by atoms with Gasteiger partial charge >= 0.3 is 6.18 Å². The fourth-order valence-corrected chi connectivity index (χ4v) is 5.92. The van der Waals surface area contributed by atoms with E-state index in [2.05, 4.69) is 5.48 Å². The van der Waals surface area contributed by atoms with Gasteiger partial charge in [0.1, 0.15) is 11.9 Å². The fraction of sp³-hybridized carbons (Fsp3) is 0.458. The van der Waals surface area contributed by atoms with Gasteiger partial charge in [0.25, 0.3) is 5.91 Å². The number of halogens is 3. The van der Waals surface area contributed by atoms with Gasteiger partial charge in [-0.3, -0.25) is 4.79 Å². The lowest BCUT2D eigenvalue weighted by molar-refractivity contribution is -0.147.